The minimum Gasteiger partial charge on any atom is -0.295 e. The summed E-state index contributed by atoms with van der Waals surface area (Å²) in [6, 6.07) is 5.79. The fraction of sp³-hybridized carbons (Fsp3) is 0.333. The molecule has 4 heteroatoms. The highest BCUT2D eigenvalue weighted by Gasteiger charge is 2.22. The van der Waals surface area contributed by atoms with E-state index < -0.39 is 5.41 Å². The van der Waals surface area contributed by atoms with Crippen LogP contribution in [-0.2, 0) is 4.79 Å². The van der Waals surface area contributed by atoms with E-state index in [1.54, 1.807) is 6.20 Å². The van der Waals surface area contributed by atoms with E-state index in [9.17, 15) is 4.79 Å². The van der Waals surface area contributed by atoms with Crippen LogP contribution in [0.1, 0.15) is 20.8 Å². The maximum absolute atomic E-state index is 11.8. The van der Waals surface area contributed by atoms with E-state index in [4.69, 9.17) is 0 Å². The van der Waals surface area contributed by atoms with Gasteiger partial charge in [0.2, 0.25) is 11.9 Å². The Balaban J connectivity index is 2.32. The van der Waals surface area contributed by atoms with Crippen molar-refractivity contribution < 1.29 is 4.79 Å². The van der Waals surface area contributed by atoms with Crippen molar-refractivity contribution in [2.24, 2.45) is 5.41 Å². The molecule has 0 unspecified atom stereocenters. The molecule has 1 N–H and O–H groups in total. The van der Waals surface area contributed by atoms with Crippen LogP contribution >= 0.6 is 0 Å². The van der Waals surface area contributed by atoms with Crippen LogP contribution in [0, 0.1) is 5.41 Å². The van der Waals surface area contributed by atoms with E-state index >= 15 is 0 Å². The lowest BCUT2D eigenvalue weighted by atomic mass is 9.96. The van der Waals surface area contributed by atoms with Crippen LogP contribution in [0.15, 0.2) is 30.6 Å². The molecule has 16 heavy (non-hydrogen) atoms. The third kappa shape index (κ3) is 1.91. The van der Waals surface area contributed by atoms with Crippen LogP contribution in [0.3, 0.4) is 0 Å². The van der Waals surface area contributed by atoms with Crippen LogP contribution < -0.4 is 5.32 Å². The first-order valence-electron chi connectivity index (χ1n) is 5.22. The Hall–Kier alpha value is -1.84. The number of imidazole rings is 1. The molecule has 0 saturated heterocycles. The third-order valence-corrected chi connectivity index (χ3v) is 2.35. The summed E-state index contributed by atoms with van der Waals surface area (Å²) in [5, 5.41) is 2.82. The number of pyridine rings is 1. The quantitative estimate of drug-likeness (QED) is 0.796. The Bertz CT molecular complexity index is 522. The lowest BCUT2D eigenvalue weighted by Crippen LogP contribution is -2.28. The van der Waals surface area contributed by atoms with Gasteiger partial charge < -0.3 is 0 Å². The predicted octanol–water partition coefficient (Wildman–Crippen LogP) is 2.32. The second kappa shape index (κ2) is 3.63. The van der Waals surface area contributed by atoms with Crippen LogP contribution in [0.5, 0.6) is 0 Å². The molecule has 84 valence electrons. The van der Waals surface area contributed by atoms with Gasteiger partial charge in [0.25, 0.3) is 0 Å². The maximum Gasteiger partial charge on any atom is 0.232 e. The van der Waals surface area contributed by atoms with E-state index in [0.29, 0.717) is 5.95 Å². The second-order valence-corrected chi connectivity index (χ2v) is 4.78. The molecule has 2 aromatic heterocycles. The number of hydrogen-bond donors (Lipinski definition) is 1. The molecule has 0 saturated carbocycles. The number of fused-ring (bicyclic) bond motifs is 1. The summed E-state index contributed by atoms with van der Waals surface area (Å²) in [5.74, 6) is 0.527. The van der Waals surface area contributed by atoms with Crippen LogP contribution in [0.4, 0.5) is 5.95 Å². The summed E-state index contributed by atoms with van der Waals surface area (Å²) < 4.78 is 1.85. The molecule has 0 spiro atoms. The van der Waals surface area contributed by atoms with Gasteiger partial charge >= 0.3 is 0 Å². The zero-order valence-corrected chi connectivity index (χ0v) is 9.69. The standard InChI is InChI=1S/C12H15N3O/c1-12(2,3)10(16)14-11-13-8-9-6-4-5-7-15(9)11/h4-8H,1-3H3,(H,13,14,16). The number of aromatic nitrogens is 2. The van der Waals surface area contributed by atoms with E-state index in [-0.39, 0.29) is 5.91 Å². The molecule has 0 aliphatic carbocycles. The van der Waals surface area contributed by atoms with Gasteiger partial charge in [0.1, 0.15) is 0 Å². The van der Waals surface area contributed by atoms with Crippen molar-refractivity contribution in [2.75, 3.05) is 5.32 Å². The number of carbonyl (C=O) groups excluding carboxylic acids is 1. The normalized spacial score (nSPS) is 11.7. The Morgan fingerprint density at radius 3 is 2.81 bits per heavy atom. The van der Waals surface area contributed by atoms with Gasteiger partial charge in [-0.05, 0) is 12.1 Å². The molecule has 2 heterocycles. The fourth-order valence-electron chi connectivity index (χ4n) is 1.33. The number of nitrogens with one attached hydrogen (secondary N) is 1. The SMILES string of the molecule is CC(C)(C)C(=O)Nc1ncc2ccccn12. The Morgan fingerprint density at radius 1 is 1.38 bits per heavy atom. The molecule has 2 rings (SSSR count). The highest BCUT2D eigenvalue weighted by Crippen LogP contribution is 2.17. The predicted molar refractivity (Wildman–Crippen MR) is 63.3 cm³/mol. The first-order valence-corrected chi connectivity index (χ1v) is 5.22. The van der Waals surface area contributed by atoms with Gasteiger partial charge in [-0.15, -0.1) is 0 Å². The van der Waals surface area contributed by atoms with Crippen molar-refractivity contribution in [1.29, 1.82) is 0 Å². The van der Waals surface area contributed by atoms with E-state index in [1.807, 2.05) is 49.6 Å². The van der Waals surface area contributed by atoms with Gasteiger partial charge in [0.15, 0.2) is 0 Å². The smallest absolute Gasteiger partial charge is 0.232 e. The lowest BCUT2D eigenvalue weighted by molar-refractivity contribution is -0.123. The maximum atomic E-state index is 11.8. The molecular formula is C12H15N3O. The molecule has 4 nitrogen and oxygen atoms in total. The molecule has 0 aliphatic heterocycles. The highest BCUT2D eigenvalue weighted by atomic mass is 16.2. The van der Waals surface area contributed by atoms with Crippen LogP contribution in [-0.4, -0.2) is 15.3 Å². The van der Waals surface area contributed by atoms with Gasteiger partial charge in [-0.1, -0.05) is 26.8 Å². The van der Waals surface area contributed by atoms with E-state index in [0.717, 1.165) is 5.52 Å². The molecule has 0 aliphatic rings. The molecule has 1 amide bonds. The number of nitrogens with zero attached hydrogens (tertiary/aromatic N) is 2. The fourth-order valence-corrected chi connectivity index (χ4v) is 1.33. The first-order chi connectivity index (χ1) is 7.48. The Kier molecular flexibility index (Phi) is 2.42. The summed E-state index contributed by atoms with van der Waals surface area (Å²) in [6.07, 6.45) is 3.61. The summed E-state index contributed by atoms with van der Waals surface area (Å²) in [5.41, 5.74) is 0.548. The molecule has 0 fully saturated rings. The van der Waals surface area contributed by atoms with Gasteiger partial charge in [-0.2, -0.15) is 0 Å². The molecule has 0 aromatic carbocycles. The second-order valence-electron chi connectivity index (χ2n) is 4.78. The van der Waals surface area contributed by atoms with Crippen LogP contribution in [0.25, 0.3) is 5.52 Å². The zero-order valence-electron chi connectivity index (χ0n) is 9.69. The molecule has 0 atom stereocenters. The summed E-state index contributed by atoms with van der Waals surface area (Å²) in [4.78, 5) is 16.0. The average molecular weight is 217 g/mol. The number of amides is 1. The molecular weight excluding hydrogens is 202 g/mol. The zero-order chi connectivity index (χ0) is 11.8. The van der Waals surface area contributed by atoms with Crippen molar-refractivity contribution in [1.82, 2.24) is 9.38 Å². The van der Waals surface area contributed by atoms with Crippen molar-refractivity contribution in [3.05, 3.63) is 30.6 Å². The van der Waals surface area contributed by atoms with Gasteiger partial charge in [0.05, 0.1) is 11.7 Å². The summed E-state index contributed by atoms with van der Waals surface area (Å²) >= 11 is 0. The topological polar surface area (TPSA) is 46.4 Å². The van der Waals surface area contributed by atoms with Crippen LogP contribution in [0.2, 0.25) is 0 Å². The van der Waals surface area contributed by atoms with E-state index in [1.165, 1.54) is 0 Å². The monoisotopic (exact) mass is 217 g/mol. The van der Waals surface area contributed by atoms with Gasteiger partial charge in [-0.3, -0.25) is 14.5 Å². The first kappa shape index (κ1) is 10.7. The number of anilines is 1. The number of carbonyl (C=O) groups is 1. The molecule has 0 radical (unpaired) electrons. The largest absolute Gasteiger partial charge is 0.295 e. The summed E-state index contributed by atoms with van der Waals surface area (Å²) in [6.45, 7) is 5.62. The Morgan fingerprint density at radius 2 is 2.12 bits per heavy atom. The minimum atomic E-state index is -0.416. The third-order valence-electron chi connectivity index (χ3n) is 2.35. The molecule has 0 bridgehead atoms. The minimum absolute atomic E-state index is 0.0381. The summed E-state index contributed by atoms with van der Waals surface area (Å²) in [7, 11) is 0. The van der Waals surface area contributed by atoms with E-state index in [2.05, 4.69) is 10.3 Å². The number of rotatable bonds is 1. The highest BCUT2D eigenvalue weighted by molar-refractivity contribution is 5.93. The van der Waals surface area contributed by atoms with Crippen molar-refractivity contribution in [3.8, 4) is 0 Å². The van der Waals surface area contributed by atoms with Gasteiger partial charge in [-0.25, -0.2) is 4.98 Å². The lowest BCUT2D eigenvalue weighted by Gasteiger charge is -2.16. The van der Waals surface area contributed by atoms with Crippen molar-refractivity contribution >= 4 is 17.4 Å². The Labute approximate surface area is 94.3 Å². The van der Waals surface area contributed by atoms with Crippen molar-refractivity contribution in [3.63, 3.8) is 0 Å². The average Bonchev–Trinajstić information content (AvgIpc) is 2.61. The number of hydrogen-bond acceptors (Lipinski definition) is 2. The van der Waals surface area contributed by atoms with Crippen molar-refractivity contribution in [2.45, 2.75) is 20.8 Å². The van der Waals surface area contributed by atoms with Gasteiger partial charge in [0, 0.05) is 11.6 Å². The molecule has 2 aromatic rings.